The summed E-state index contributed by atoms with van der Waals surface area (Å²) in [6.45, 7) is 13.0. The van der Waals surface area contributed by atoms with Crippen molar-refractivity contribution >= 4 is 0 Å². The van der Waals surface area contributed by atoms with E-state index in [9.17, 15) is 10.2 Å². The van der Waals surface area contributed by atoms with Crippen molar-refractivity contribution in [1.29, 1.82) is 0 Å². The second-order valence-corrected chi connectivity index (χ2v) is 9.13. The van der Waals surface area contributed by atoms with Crippen molar-refractivity contribution in [1.82, 2.24) is 0 Å². The summed E-state index contributed by atoms with van der Waals surface area (Å²) >= 11 is 0. The van der Waals surface area contributed by atoms with Gasteiger partial charge in [0.15, 0.2) is 0 Å². The van der Waals surface area contributed by atoms with Crippen molar-refractivity contribution in [3.8, 4) is 0 Å². The number of allylic oxidation sites excluding steroid dienone is 2. The van der Waals surface area contributed by atoms with Crippen molar-refractivity contribution in [2.45, 2.75) is 72.0 Å². The van der Waals surface area contributed by atoms with Crippen LogP contribution in [0.25, 0.3) is 0 Å². The smallest absolute Gasteiger partial charge is 0.0756 e. The molecule has 0 radical (unpaired) electrons. The largest absolute Gasteiger partial charge is 0.393 e. The fraction of sp³-hybridized carbons (Fsp3) is 0.800. The van der Waals surface area contributed by atoms with Crippen LogP contribution in [-0.2, 0) is 0 Å². The van der Waals surface area contributed by atoms with Gasteiger partial charge in [0.2, 0.25) is 0 Å². The standard InChI is InChI=1S/C20H32O2/c1-6-19(4)9-7-14-13(12-19)15(21)11-16-18(2,3)17(22)8-10-20(14,16)5/h6,12,14-17,21-22H,1,7-11H2,2-5H3/t14-,15+,16-,17-,19-,20+/m1/s1. The molecule has 0 saturated heterocycles. The van der Waals surface area contributed by atoms with Crippen LogP contribution in [0.3, 0.4) is 0 Å². The van der Waals surface area contributed by atoms with E-state index in [-0.39, 0.29) is 28.5 Å². The predicted octanol–water partition coefficient (Wildman–Crippen LogP) is 4.08. The molecule has 0 aromatic carbocycles. The molecule has 0 aromatic heterocycles. The predicted molar refractivity (Wildman–Crippen MR) is 90.4 cm³/mol. The van der Waals surface area contributed by atoms with Crippen LogP contribution in [-0.4, -0.2) is 22.4 Å². The van der Waals surface area contributed by atoms with Crippen molar-refractivity contribution < 1.29 is 10.2 Å². The van der Waals surface area contributed by atoms with Gasteiger partial charge in [0.05, 0.1) is 12.2 Å². The average Bonchev–Trinajstić information content (AvgIpc) is 2.47. The normalized spacial score (nSPS) is 50.5. The highest BCUT2D eigenvalue weighted by molar-refractivity contribution is 5.29. The number of aliphatic hydroxyl groups is 2. The maximum absolute atomic E-state index is 10.8. The lowest BCUT2D eigenvalue weighted by Gasteiger charge is -2.61. The SMILES string of the molecule is C=C[C@@]1(C)C=C2[C@@H](CC1)[C@]1(C)CC[C@@H](O)C(C)(C)[C@H]1C[C@@H]2O. The summed E-state index contributed by atoms with van der Waals surface area (Å²) in [7, 11) is 0. The third kappa shape index (κ3) is 2.14. The van der Waals surface area contributed by atoms with E-state index in [1.54, 1.807) is 0 Å². The summed E-state index contributed by atoms with van der Waals surface area (Å²) in [4.78, 5) is 0. The van der Waals surface area contributed by atoms with Crippen LogP contribution < -0.4 is 0 Å². The first-order chi connectivity index (χ1) is 10.1. The van der Waals surface area contributed by atoms with Crippen LogP contribution in [0.1, 0.15) is 59.8 Å². The Morgan fingerprint density at radius 3 is 2.45 bits per heavy atom. The van der Waals surface area contributed by atoms with Crippen LogP contribution >= 0.6 is 0 Å². The third-order valence-electron chi connectivity index (χ3n) is 7.49. The maximum Gasteiger partial charge on any atom is 0.0756 e. The molecule has 6 atom stereocenters. The summed E-state index contributed by atoms with van der Waals surface area (Å²) in [6, 6.07) is 0. The molecule has 2 N–H and O–H groups in total. The molecule has 0 spiro atoms. The lowest BCUT2D eigenvalue weighted by Crippen LogP contribution is -2.58. The van der Waals surface area contributed by atoms with Gasteiger partial charge in [0.25, 0.3) is 0 Å². The molecule has 0 bridgehead atoms. The fourth-order valence-electron chi connectivity index (χ4n) is 5.80. The maximum atomic E-state index is 10.8. The molecule has 2 saturated carbocycles. The topological polar surface area (TPSA) is 40.5 Å². The van der Waals surface area contributed by atoms with Gasteiger partial charge in [0, 0.05) is 5.41 Å². The molecule has 0 aromatic rings. The highest BCUT2D eigenvalue weighted by atomic mass is 16.3. The number of fused-ring (bicyclic) bond motifs is 3. The van der Waals surface area contributed by atoms with E-state index in [1.165, 1.54) is 5.57 Å². The first-order valence-corrected chi connectivity index (χ1v) is 8.86. The Morgan fingerprint density at radius 2 is 1.82 bits per heavy atom. The number of aliphatic hydroxyl groups excluding tert-OH is 2. The van der Waals surface area contributed by atoms with Crippen molar-refractivity contribution in [2.24, 2.45) is 28.1 Å². The molecule has 2 nitrogen and oxygen atoms in total. The van der Waals surface area contributed by atoms with Gasteiger partial charge in [-0.1, -0.05) is 39.8 Å². The molecule has 2 fully saturated rings. The molecule has 0 aliphatic heterocycles. The average molecular weight is 304 g/mol. The molecule has 0 amide bonds. The number of hydrogen-bond acceptors (Lipinski definition) is 2. The van der Waals surface area contributed by atoms with Gasteiger partial charge in [-0.05, 0) is 60.3 Å². The Morgan fingerprint density at radius 1 is 1.14 bits per heavy atom. The monoisotopic (exact) mass is 304 g/mol. The minimum absolute atomic E-state index is 0.0275. The Hall–Kier alpha value is -0.600. The van der Waals surface area contributed by atoms with E-state index in [0.29, 0.717) is 11.8 Å². The number of rotatable bonds is 1. The van der Waals surface area contributed by atoms with E-state index in [4.69, 9.17) is 0 Å². The van der Waals surface area contributed by atoms with Crippen molar-refractivity contribution in [3.63, 3.8) is 0 Å². The Kier molecular flexibility index (Phi) is 3.66. The molecular formula is C20H32O2. The van der Waals surface area contributed by atoms with Gasteiger partial charge in [-0.25, -0.2) is 0 Å². The zero-order valence-corrected chi connectivity index (χ0v) is 14.6. The highest BCUT2D eigenvalue weighted by Gasteiger charge is 2.58. The van der Waals surface area contributed by atoms with Crippen LogP contribution in [0.2, 0.25) is 0 Å². The minimum Gasteiger partial charge on any atom is -0.393 e. The van der Waals surface area contributed by atoms with E-state index < -0.39 is 0 Å². The zero-order chi connectivity index (χ0) is 16.3. The molecule has 124 valence electrons. The molecule has 2 heteroatoms. The van der Waals surface area contributed by atoms with E-state index in [1.807, 2.05) is 6.08 Å². The first kappa shape index (κ1) is 16.3. The molecule has 3 aliphatic rings. The summed E-state index contributed by atoms with van der Waals surface area (Å²) in [5.74, 6) is 0.843. The lowest BCUT2D eigenvalue weighted by atomic mass is 9.44. The van der Waals surface area contributed by atoms with Crippen LogP contribution in [0.4, 0.5) is 0 Å². The molecule has 22 heavy (non-hydrogen) atoms. The molecule has 0 unspecified atom stereocenters. The lowest BCUT2D eigenvalue weighted by molar-refractivity contribution is -0.143. The van der Waals surface area contributed by atoms with Crippen LogP contribution in [0, 0.1) is 28.1 Å². The minimum atomic E-state index is -0.354. The first-order valence-electron chi connectivity index (χ1n) is 8.86. The quantitative estimate of drug-likeness (QED) is 0.717. The number of hydrogen-bond donors (Lipinski definition) is 2. The van der Waals surface area contributed by atoms with E-state index >= 15 is 0 Å². The second kappa shape index (κ2) is 4.95. The Balaban J connectivity index is 2.03. The molecular weight excluding hydrogens is 272 g/mol. The Bertz CT molecular complexity index is 506. The molecule has 3 aliphatic carbocycles. The van der Waals surface area contributed by atoms with Gasteiger partial charge in [0.1, 0.15) is 0 Å². The van der Waals surface area contributed by atoms with Crippen molar-refractivity contribution in [3.05, 3.63) is 24.3 Å². The van der Waals surface area contributed by atoms with Gasteiger partial charge in [-0.2, -0.15) is 0 Å². The van der Waals surface area contributed by atoms with Gasteiger partial charge in [-0.3, -0.25) is 0 Å². The van der Waals surface area contributed by atoms with E-state index in [0.717, 1.165) is 32.1 Å². The Labute approximate surface area is 135 Å². The zero-order valence-electron chi connectivity index (χ0n) is 14.6. The summed E-state index contributed by atoms with van der Waals surface area (Å²) < 4.78 is 0. The third-order valence-corrected chi connectivity index (χ3v) is 7.49. The van der Waals surface area contributed by atoms with Gasteiger partial charge < -0.3 is 10.2 Å². The van der Waals surface area contributed by atoms with Crippen LogP contribution in [0.15, 0.2) is 24.3 Å². The van der Waals surface area contributed by atoms with Crippen molar-refractivity contribution in [2.75, 3.05) is 0 Å². The molecule has 3 rings (SSSR count). The van der Waals surface area contributed by atoms with E-state index in [2.05, 4.69) is 40.3 Å². The summed E-state index contributed by atoms with van der Waals surface area (Å²) in [5.41, 5.74) is 1.37. The molecule has 0 heterocycles. The second-order valence-electron chi connectivity index (χ2n) is 9.13. The van der Waals surface area contributed by atoms with Crippen LogP contribution in [0.5, 0.6) is 0 Å². The van der Waals surface area contributed by atoms with Gasteiger partial charge >= 0.3 is 0 Å². The highest BCUT2D eigenvalue weighted by Crippen LogP contribution is 2.63. The summed E-state index contributed by atoms with van der Waals surface area (Å²) in [5, 5.41) is 21.3. The van der Waals surface area contributed by atoms with Gasteiger partial charge in [-0.15, -0.1) is 6.58 Å². The fourth-order valence-corrected chi connectivity index (χ4v) is 5.80. The summed E-state index contributed by atoms with van der Waals surface area (Å²) in [6.07, 6.45) is 8.73.